The molecule has 0 atom stereocenters. The molecule has 0 saturated carbocycles. The van der Waals surface area contributed by atoms with Crippen molar-refractivity contribution in [1.82, 2.24) is 4.98 Å². The highest BCUT2D eigenvalue weighted by Crippen LogP contribution is 2.27. The number of nitrogens with zero attached hydrogens (tertiary/aromatic N) is 1. The van der Waals surface area contributed by atoms with Crippen LogP contribution in [0.1, 0.15) is 44.7 Å². The quantitative estimate of drug-likeness (QED) is 0.478. The van der Waals surface area contributed by atoms with Crippen molar-refractivity contribution in [2.75, 3.05) is 11.9 Å². The number of aromatic nitrogens is 1. The van der Waals surface area contributed by atoms with Gasteiger partial charge in [0.05, 0.1) is 11.8 Å². The molecule has 0 spiro atoms. The van der Waals surface area contributed by atoms with E-state index in [0.717, 1.165) is 22.6 Å². The summed E-state index contributed by atoms with van der Waals surface area (Å²) in [6.07, 6.45) is 0.135. The van der Waals surface area contributed by atoms with Gasteiger partial charge in [0.25, 0.3) is 5.91 Å². The van der Waals surface area contributed by atoms with Crippen molar-refractivity contribution in [2.24, 2.45) is 0 Å². The summed E-state index contributed by atoms with van der Waals surface area (Å²) in [4.78, 5) is 16.8. The van der Waals surface area contributed by atoms with E-state index in [-0.39, 0.29) is 18.6 Å². The zero-order chi connectivity index (χ0) is 21.7. The van der Waals surface area contributed by atoms with E-state index in [2.05, 4.69) is 37.1 Å². The molecule has 0 radical (unpaired) electrons. The Bertz CT molecular complexity index is 994. The highest BCUT2D eigenvalue weighted by molar-refractivity contribution is 7.14. The molecule has 0 fully saturated rings. The summed E-state index contributed by atoms with van der Waals surface area (Å²) in [5, 5.41) is 5.27. The number of carbonyl (C=O) groups excluding carboxylic acids is 1. The smallest absolute Gasteiger partial charge is 0.264 e. The summed E-state index contributed by atoms with van der Waals surface area (Å²) in [5.41, 5.74) is 4.23. The van der Waals surface area contributed by atoms with Crippen LogP contribution in [0.15, 0.2) is 47.8 Å². The average molecular weight is 425 g/mol. The second-order valence-corrected chi connectivity index (χ2v) is 8.60. The Morgan fingerprint density at radius 3 is 2.40 bits per heavy atom. The number of hydrogen-bond acceptors (Lipinski definition) is 5. The molecule has 3 rings (SSSR count). The van der Waals surface area contributed by atoms with Gasteiger partial charge in [-0.05, 0) is 74.2 Å². The van der Waals surface area contributed by atoms with E-state index in [1.54, 1.807) is 0 Å². The molecule has 0 aliphatic heterocycles. The third-order valence-electron chi connectivity index (χ3n) is 4.51. The maximum atomic E-state index is 12.3. The van der Waals surface area contributed by atoms with Gasteiger partial charge in [-0.15, -0.1) is 11.3 Å². The van der Waals surface area contributed by atoms with E-state index in [9.17, 15) is 4.79 Å². The molecule has 2 aromatic carbocycles. The zero-order valence-electron chi connectivity index (χ0n) is 18.1. The molecule has 5 nitrogen and oxygen atoms in total. The molecule has 0 aliphatic carbocycles. The van der Waals surface area contributed by atoms with Crippen LogP contribution in [-0.4, -0.2) is 23.6 Å². The maximum absolute atomic E-state index is 12.3. The second-order valence-electron chi connectivity index (χ2n) is 7.74. The van der Waals surface area contributed by atoms with Gasteiger partial charge in [0, 0.05) is 10.9 Å². The fourth-order valence-corrected chi connectivity index (χ4v) is 3.87. The largest absolute Gasteiger partial charge is 0.491 e. The molecular formula is C24H28N2O3S. The number of ether oxygens (including phenoxy) is 2. The first-order valence-electron chi connectivity index (χ1n) is 10.1. The van der Waals surface area contributed by atoms with Gasteiger partial charge < -0.3 is 9.47 Å². The van der Waals surface area contributed by atoms with E-state index in [0.29, 0.717) is 16.8 Å². The third kappa shape index (κ3) is 5.83. The average Bonchev–Trinajstić information content (AvgIpc) is 3.14. The summed E-state index contributed by atoms with van der Waals surface area (Å²) in [6, 6.07) is 13.7. The van der Waals surface area contributed by atoms with Gasteiger partial charge in [0.1, 0.15) is 11.5 Å². The molecule has 0 saturated heterocycles. The van der Waals surface area contributed by atoms with Gasteiger partial charge in [-0.25, -0.2) is 4.98 Å². The fourth-order valence-electron chi connectivity index (χ4n) is 3.13. The number of nitrogens with one attached hydrogen (secondary N) is 1. The third-order valence-corrected chi connectivity index (χ3v) is 5.26. The molecule has 6 heteroatoms. The number of anilines is 1. The Labute approximate surface area is 182 Å². The molecule has 1 N–H and O–H groups in total. The molecule has 30 heavy (non-hydrogen) atoms. The molecule has 1 amide bonds. The first-order valence-corrected chi connectivity index (χ1v) is 11.0. The van der Waals surface area contributed by atoms with Crippen LogP contribution in [0, 0.1) is 6.92 Å². The van der Waals surface area contributed by atoms with E-state index < -0.39 is 0 Å². The van der Waals surface area contributed by atoms with Crippen LogP contribution in [0.3, 0.4) is 0 Å². The summed E-state index contributed by atoms with van der Waals surface area (Å²) in [6.45, 7) is 10.3. The van der Waals surface area contributed by atoms with Gasteiger partial charge in [-0.1, -0.05) is 19.9 Å². The Balaban J connectivity index is 1.55. The first kappa shape index (κ1) is 21.8. The Morgan fingerprint density at radius 1 is 1.07 bits per heavy atom. The minimum Gasteiger partial charge on any atom is -0.491 e. The molecule has 1 heterocycles. The van der Waals surface area contributed by atoms with Crippen molar-refractivity contribution in [3.63, 3.8) is 0 Å². The minimum atomic E-state index is -0.234. The fraction of sp³-hybridized carbons (Fsp3) is 0.333. The van der Waals surface area contributed by atoms with Gasteiger partial charge in [0.2, 0.25) is 0 Å². The summed E-state index contributed by atoms with van der Waals surface area (Å²) in [7, 11) is 0. The number of hydrogen-bond donors (Lipinski definition) is 1. The summed E-state index contributed by atoms with van der Waals surface area (Å²) in [5.74, 6) is 1.74. The lowest BCUT2D eigenvalue weighted by atomic mass is 9.98. The summed E-state index contributed by atoms with van der Waals surface area (Å²) >= 11 is 1.39. The van der Waals surface area contributed by atoms with Gasteiger partial charge >= 0.3 is 0 Å². The molecule has 0 aliphatic rings. The monoisotopic (exact) mass is 424 g/mol. The van der Waals surface area contributed by atoms with Crippen LogP contribution in [0.5, 0.6) is 11.5 Å². The highest BCUT2D eigenvalue weighted by Gasteiger charge is 2.10. The van der Waals surface area contributed by atoms with Crippen molar-refractivity contribution in [3.05, 3.63) is 59.0 Å². The molecule has 158 valence electrons. The lowest BCUT2D eigenvalue weighted by molar-refractivity contribution is -0.118. The van der Waals surface area contributed by atoms with Crippen molar-refractivity contribution in [2.45, 2.75) is 46.6 Å². The standard InChI is InChI=1S/C24H28N2O3S/c1-15(2)21-11-10-20(12-17(21)5)28-13-23(27)26-24-25-22(14-30-24)18-6-8-19(9-7-18)29-16(3)4/h6-12,14-16H,13H2,1-5H3,(H,25,26,27). The number of amides is 1. The predicted molar refractivity (Wildman–Crippen MR) is 123 cm³/mol. The van der Waals surface area contributed by atoms with Gasteiger partial charge in [-0.3, -0.25) is 10.1 Å². The lowest BCUT2D eigenvalue weighted by Gasteiger charge is -2.12. The number of benzene rings is 2. The lowest BCUT2D eigenvalue weighted by Crippen LogP contribution is -2.20. The van der Waals surface area contributed by atoms with E-state index in [1.807, 2.05) is 55.6 Å². The van der Waals surface area contributed by atoms with Crippen LogP contribution >= 0.6 is 11.3 Å². The molecule has 3 aromatic rings. The molecular weight excluding hydrogens is 396 g/mol. The van der Waals surface area contributed by atoms with E-state index in [4.69, 9.17) is 9.47 Å². The number of thiazole rings is 1. The topological polar surface area (TPSA) is 60.5 Å². The first-order chi connectivity index (χ1) is 14.3. The molecule has 0 unspecified atom stereocenters. The van der Waals surface area contributed by atoms with Crippen molar-refractivity contribution in [3.8, 4) is 22.8 Å². The summed E-state index contributed by atoms with van der Waals surface area (Å²) < 4.78 is 11.3. The van der Waals surface area contributed by atoms with Gasteiger partial charge in [-0.2, -0.15) is 0 Å². The van der Waals surface area contributed by atoms with Crippen molar-refractivity contribution in [1.29, 1.82) is 0 Å². The molecule has 0 bridgehead atoms. The van der Waals surface area contributed by atoms with E-state index >= 15 is 0 Å². The zero-order valence-corrected chi connectivity index (χ0v) is 18.9. The van der Waals surface area contributed by atoms with Crippen LogP contribution < -0.4 is 14.8 Å². The minimum absolute atomic E-state index is 0.0589. The second kappa shape index (κ2) is 9.76. The van der Waals surface area contributed by atoms with Crippen LogP contribution in [-0.2, 0) is 4.79 Å². The van der Waals surface area contributed by atoms with Crippen molar-refractivity contribution < 1.29 is 14.3 Å². The highest BCUT2D eigenvalue weighted by atomic mass is 32.1. The maximum Gasteiger partial charge on any atom is 0.264 e. The normalized spacial score (nSPS) is 11.0. The van der Waals surface area contributed by atoms with Crippen molar-refractivity contribution >= 4 is 22.4 Å². The SMILES string of the molecule is Cc1cc(OCC(=O)Nc2nc(-c3ccc(OC(C)C)cc3)cs2)ccc1C(C)C. The number of rotatable bonds is 8. The van der Waals surface area contributed by atoms with Crippen LogP contribution in [0.4, 0.5) is 5.13 Å². The Hall–Kier alpha value is -2.86. The predicted octanol–water partition coefficient (Wildman–Crippen LogP) is 6.05. The van der Waals surface area contributed by atoms with Crippen LogP contribution in [0.25, 0.3) is 11.3 Å². The number of aryl methyl sites for hydroxylation is 1. The van der Waals surface area contributed by atoms with Crippen LogP contribution in [0.2, 0.25) is 0 Å². The number of carbonyl (C=O) groups is 1. The Kier molecular flexibility index (Phi) is 7.11. The van der Waals surface area contributed by atoms with E-state index in [1.165, 1.54) is 16.9 Å². The van der Waals surface area contributed by atoms with Gasteiger partial charge in [0.15, 0.2) is 11.7 Å². The molecule has 1 aromatic heterocycles. The Morgan fingerprint density at radius 2 is 1.77 bits per heavy atom.